The fourth-order valence-corrected chi connectivity index (χ4v) is 4.34. The summed E-state index contributed by atoms with van der Waals surface area (Å²) in [5.74, 6) is 2.24. The summed E-state index contributed by atoms with van der Waals surface area (Å²) in [6.45, 7) is 3.79. The molecule has 0 spiro atoms. The van der Waals surface area contributed by atoms with Crippen LogP contribution >= 0.6 is 15.9 Å². The summed E-state index contributed by atoms with van der Waals surface area (Å²) >= 11 is 3.44. The molecule has 0 saturated carbocycles. The van der Waals surface area contributed by atoms with Gasteiger partial charge in [-0.1, -0.05) is 18.2 Å². The normalized spacial score (nSPS) is 14.7. The van der Waals surface area contributed by atoms with Crippen LogP contribution < -0.4 is 11.1 Å². The molecule has 0 radical (unpaired) electrons. The number of benzene rings is 1. The summed E-state index contributed by atoms with van der Waals surface area (Å²) in [5.41, 5.74) is 10.5. The fourth-order valence-electron chi connectivity index (χ4n) is 3.13. The minimum absolute atomic E-state index is 0.503. The first-order valence-corrected chi connectivity index (χ1v) is 11.5. The second-order valence-electron chi connectivity index (χ2n) is 6.70. The first kappa shape index (κ1) is 19.9. The smallest absolute Gasteiger partial charge is 0.165 e. The second-order valence-corrected chi connectivity index (χ2v) is 9.19. The summed E-state index contributed by atoms with van der Waals surface area (Å²) < 4.78 is 12.9. The number of rotatable bonds is 1. The first-order chi connectivity index (χ1) is 14.0. The van der Waals surface area contributed by atoms with Gasteiger partial charge < -0.3 is 11.1 Å². The third-order valence-electron chi connectivity index (χ3n) is 4.70. The van der Waals surface area contributed by atoms with Crippen LogP contribution in [0.25, 0.3) is 27.7 Å². The van der Waals surface area contributed by atoms with Gasteiger partial charge in [0.2, 0.25) is 0 Å². The summed E-state index contributed by atoms with van der Waals surface area (Å²) in [4.78, 5) is 9.10. The second kappa shape index (κ2) is 8.56. The molecule has 0 aliphatic carbocycles. The maximum Gasteiger partial charge on any atom is 0.165 e. The molecule has 1 aliphatic heterocycles. The topological polar surface area (TPSA) is 98.2 Å². The number of aryl methyl sites for hydroxylation is 1. The van der Waals surface area contributed by atoms with Crippen LogP contribution in [0, 0.1) is 6.92 Å². The highest BCUT2D eigenvalue weighted by atomic mass is 79.9. The predicted octanol–water partition coefficient (Wildman–Crippen LogP) is 2.94. The fraction of sp³-hybridized carbons (Fsp3) is 0.250. The van der Waals surface area contributed by atoms with Gasteiger partial charge >= 0.3 is 0 Å². The van der Waals surface area contributed by atoms with E-state index in [0.29, 0.717) is 5.82 Å². The maximum absolute atomic E-state index is 10.5. The Bertz CT molecular complexity index is 1200. The zero-order valence-electron chi connectivity index (χ0n) is 15.9. The molecular weight excluding hydrogens is 452 g/mol. The molecule has 0 atom stereocenters. The van der Waals surface area contributed by atoms with Gasteiger partial charge in [-0.3, -0.25) is 9.19 Å². The Morgan fingerprint density at radius 1 is 1.21 bits per heavy atom. The van der Waals surface area contributed by atoms with Crippen molar-refractivity contribution in [1.82, 2.24) is 24.9 Å². The third kappa shape index (κ3) is 4.17. The van der Waals surface area contributed by atoms with Crippen LogP contribution in [0.5, 0.6) is 0 Å². The average molecular weight is 473 g/mol. The van der Waals surface area contributed by atoms with Crippen LogP contribution in [0.15, 0.2) is 47.2 Å². The lowest BCUT2D eigenvalue weighted by atomic mass is 10.1. The molecule has 150 valence electrons. The van der Waals surface area contributed by atoms with E-state index in [0.717, 1.165) is 62.4 Å². The highest BCUT2D eigenvalue weighted by Gasteiger charge is 2.14. The molecule has 0 amide bonds. The summed E-state index contributed by atoms with van der Waals surface area (Å²) in [6.07, 6.45) is 3.62. The van der Waals surface area contributed by atoms with Crippen molar-refractivity contribution in [1.29, 1.82) is 0 Å². The molecule has 7 nitrogen and oxygen atoms in total. The van der Waals surface area contributed by atoms with Crippen LogP contribution in [0.3, 0.4) is 0 Å². The highest BCUT2D eigenvalue weighted by Crippen LogP contribution is 2.30. The number of nitrogen functional groups attached to an aromatic ring is 1. The van der Waals surface area contributed by atoms with Gasteiger partial charge in [-0.25, -0.2) is 4.98 Å². The molecule has 1 aliphatic rings. The van der Waals surface area contributed by atoms with Gasteiger partial charge in [0.1, 0.15) is 5.82 Å². The minimum atomic E-state index is -0.503. The number of anilines is 1. The summed E-state index contributed by atoms with van der Waals surface area (Å²) in [7, 11) is -0.503. The van der Waals surface area contributed by atoms with E-state index in [9.17, 15) is 4.21 Å². The Balaban J connectivity index is 0.000000249. The van der Waals surface area contributed by atoms with Crippen LogP contribution in [0.1, 0.15) is 5.69 Å². The van der Waals surface area contributed by atoms with Crippen molar-refractivity contribution in [3.8, 4) is 11.1 Å². The van der Waals surface area contributed by atoms with Crippen molar-refractivity contribution in [3.05, 3.63) is 52.9 Å². The van der Waals surface area contributed by atoms with Gasteiger partial charge in [0, 0.05) is 58.1 Å². The van der Waals surface area contributed by atoms with Crippen molar-refractivity contribution < 1.29 is 4.21 Å². The Morgan fingerprint density at radius 3 is 2.69 bits per heavy atom. The van der Waals surface area contributed by atoms with Crippen molar-refractivity contribution in [2.75, 3.05) is 30.3 Å². The molecule has 1 aromatic carbocycles. The number of hydrogen-bond donors (Lipinski definition) is 2. The van der Waals surface area contributed by atoms with E-state index < -0.39 is 10.8 Å². The van der Waals surface area contributed by atoms with Gasteiger partial charge in [-0.05, 0) is 35.0 Å². The van der Waals surface area contributed by atoms with E-state index in [1.165, 1.54) is 0 Å². The number of halogens is 1. The van der Waals surface area contributed by atoms with Crippen molar-refractivity contribution in [2.24, 2.45) is 0 Å². The summed E-state index contributed by atoms with van der Waals surface area (Å²) in [6, 6.07) is 10.1. The molecule has 5 rings (SSSR count). The lowest BCUT2D eigenvalue weighted by Gasteiger charge is -2.09. The zero-order valence-corrected chi connectivity index (χ0v) is 18.3. The van der Waals surface area contributed by atoms with E-state index in [1.54, 1.807) is 10.7 Å². The number of pyridine rings is 1. The predicted molar refractivity (Wildman–Crippen MR) is 121 cm³/mol. The van der Waals surface area contributed by atoms with E-state index in [4.69, 9.17) is 5.73 Å². The lowest BCUT2D eigenvalue weighted by molar-refractivity contribution is 0.659. The number of nitrogens with two attached hydrogens (primary N) is 1. The molecule has 9 heteroatoms. The number of fused-ring (bicyclic) bond motifs is 2. The highest BCUT2D eigenvalue weighted by molar-refractivity contribution is 9.10. The number of aromatic nitrogens is 4. The van der Waals surface area contributed by atoms with Crippen molar-refractivity contribution >= 4 is 49.1 Å². The SMILES string of the molecule is Cc1nc2c(-c3cnc4ccccc4c3)cnn2c(N)c1Br.O=S1CCNCC1. The molecule has 1 saturated heterocycles. The number of hydrogen-bond acceptors (Lipinski definition) is 6. The van der Waals surface area contributed by atoms with Gasteiger partial charge in [-0.2, -0.15) is 9.61 Å². The first-order valence-electron chi connectivity index (χ1n) is 9.25. The molecule has 4 aromatic rings. The lowest BCUT2D eigenvalue weighted by Crippen LogP contribution is -2.32. The molecular formula is C20H21BrN6OS. The van der Waals surface area contributed by atoms with Gasteiger partial charge in [0.05, 0.1) is 21.9 Å². The zero-order chi connectivity index (χ0) is 20.4. The van der Waals surface area contributed by atoms with Crippen molar-refractivity contribution in [3.63, 3.8) is 0 Å². The quantitative estimate of drug-likeness (QED) is 0.441. The Labute approximate surface area is 179 Å². The van der Waals surface area contributed by atoms with Gasteiger partial charge in [0.15, 0.2) is 5.65 Å². The van der Waals surface area contributed by atoms with Crippen LogP contribution in [-0.4, -0.2) is 48.4 Å². The number of nitrogens with one attached hydrogen (secondary N) is 1. The van der Waals surface area contributed by atoms with Gasteiger partial charge in [-0.15, -0.1) is 0 Å². The van der Waals surface area contributed by atoms with Crippen LogP contribution in [-0.2, 0) is 10.8 Å². The molecule has 29 heavy (non-hydrogen) atoms. The maximum atomic E-state index is 10.5. The van der Waals surface area contributed by atoms with E-state index in [1.807, 2.05) is 37.4 Å². The van der Waals surface area contributed by atoms with Crippen LogP contribution in [0.4, 0.5) is 5.82 Å². The van der Waals surface area contributed by atoms with E-state index in [-0.39, 0.29) is 0 Å². The van der Waals surface area contributed by atoms with E-state index >= 15 is 0 Å². The van der Waals surface area contributed by atoms with Crippen molar-refractivity contribution in [2.45, 2.75) is 6.92 Å². The molecule has 3 aromatic heterocycles. The third-order valence-corrected chi connectivity index (χ3v) is 7.00. The Kier molecular flexibility index (Phi) is 5.89. The Morgan fingerprint density at radius 2 is 1.97 bits per heavy atom. The van der Waals surface area contributed by atoms with E-state index in [2.05, 4.69) is 42.4 Å². The molecule has 3 N–H and O–H groups in total. The molecule has 4 heterocycles. The standard InChI is InChI=1S/C16H12BrN5.C4H9NOS/c1-9-14(17)15(18)22-16(21-9)12(8-20-22)11-6-10-4-2-3-5-13(10)19-7-11;6-7-3-1-5-2-4-7/h2-8H,18H2,1H3;5H,1-4H2. The monoisotopic (exact) mass is 472 g/mol. The summed E-state index contributed by atoms with van der Waals surface area (Å²) in [5, 5.41) is 8.55. The number of para-hydroxylation sites is 1. The average Bonchev–Trinajstić information content (AvgIpc) is 3.16. The van der Waals surface area contributed by atoms with Crippen LogP contribution in [0.2, 0.25) is 0 Å². The minimum Gasteiger partial charge on any atom is -0.383 e. The molecule has 1 fully saturated rings. The van der Waals surface area contributed by atoms with Gasteiger partial charge in [0.25, 0.3) is 0 Å². The number of nitrogens with zero attached hydrogens (tertiary/aromatic N) is 4. The molecule has 0 unspecified atom stereocenters. The largest absolute Gasteiger partial charge is 0.383 e. The Hall–Kier alpha value is -2.36. The molecule has 0 bridgehead atoms.